The number of rotatable bonds is 0. The van der Waals surface area contributed by atoms with Gasteiger partial charge in [0.1, 0.15) is 5.58 Å². The van der Waals surface area contributed by atoms with Crippen molar-refractivity contribution in [3.8, 4) is 0 Å². The van der Waals surface area contributed by atoms with Crippen molar-refractivity contribution >= 4 is 37.9 Å². The minimum absolute atomic E-state index is 0.0968. The molecule has 5 heteroatoms. The Morgan fingerprint density at radius 1 is 1.28 bits per heavy atom. The van der Waals surface area contributed by atoms with Gasteiger partial charge in [0.2, 0.25) is 5.43 Å². The van der Waals surface area contributed by atoms with Gasteiger partial charge in [0, 0.05) is 10.2 Å². The lowest BCUT2D eigenvalue weighted by Gasteiger charge is -2.03. The lowest BCUT2D eigenvalue weighted by atomic mass is 10.1. The molecule has 90 valence electrons. The summed E-state index contributed by atoms with van der Waals surface area (Å²) in [6.07, 6.45) is 0. The highest BCUT2D eigenvalue weighted by atomic mass is 79.9. The van der Waals surface area contributed by atoms with E-state index in [-0.39, 0.29) is 16.4 Å². The van der Waals surface area contributed by atoms with Crippen LogP contribution in [0.15, 0.2) is 37.9 Å². The molecule has 0 aliphatic rings. The average molecular weight is 308 g/mol. The molecule has 3 rings (SSSR count). The van der Waals surface area contributed by atoms with E-state index in [0.717, 1.165) is 4.47 Å². The molecule has 0 spiro atoms. The molecular formula is C13H7BrFNO2. The lowest BCUT2D eigenvalue weighted by Crippen LogP contribution is -2.04. The van der Waals surface area contributed by atoms with Gasteiger partial charge in [-0.15, -0.1) is 0 Å². The summed E-state index contributed by atoms with van der Waals surface area (Å²) in [6, 6.07) is 6.55. The largest absolute Gasteiger partial charge is 0.451 e. The van der Waals surface area contributed by atoms with E-state index < -0.39 is 5.95 Å². The number of aromatic nitrogens is 1. The Bertz CT molecular complexity index is 842. The van der Waals surface area contributed by atoms with Crippen LogP contribution in [0.1, 0.15) is 5.69 Å². The van der Waals surface area contributed by atoms with Gasteiger partial charge in [-0.25, -0.2) is 4.98 Å². The summed E-state index contributed by atoms with van der Waals surface area (Å²) in [5, 5.41) is 0.632. The van der Waals surface area contributed by atoms with Crippen molar-refractivity contribution in [2.24, 2.45) is 0 Å². The molecule has 0 amide bonds. The lowest BCUT2D eigenvalue weighted by molar-refractivity contribution is 0.546. The Hall–Kier alpha value is -1.75. The summed E-state index contributed by atoms with van der Waals surface area (Å²) in [5.74, 6) is -0.757. The van der Waals surface area contributed by atoms with E-state index in [4.69, 9.17) is 4.42 Å². The van der Waals surface area contributed by atoms with Gasteiger partial charge >= 0.3 is 0 Å². The first-order valence-electron chi connectivity index (χ1n) is 5.25. The number of benzene rings is 1. The van der Waals surface area contributed by atoms with Crippen LogP contribution in [0.2, 0.25) is 0 Å². The number of hydrogen-bond acceptors (Lipinski definition) is 3. The maximum Gasteiger partial charge on any atom is 0.256 e. The number of fused-ring (bicyclic) bond motifs is 2. The zero-order chi connectivity index (χ0) is 12.9. The summed E-state index contributed by atoms with van der Waals surface area (Å²) in [4.78, 5) is 15.9. The molecule has 2 aromatic heterocycles. The Morgan fingerprint density at radius 2 is 2.06 bits per heavy atom. The summed E-state index contributed by atoms with van der Waals surface area (Å²) < 4.78 is 19.9. The first-order chi connectivity index (χ1) is 8.56. The Balaban J connectivity index is 2.61. The molecule has 0 saturated carbocycles. The molecule has 0 N–H and O–H groups in total. The summed E-state index contributed by atoms with van der Waals surface area (Å²) in [7, 11) is 0. The fraction of sp³-hybridized carbons (Fsp3) is 0.0769. The summed E-state index contributed by atoms with van der Waals surface area (Å²) in [5.41, 5.74) is 0.444. The van der Waals surface area contributed by atoms with Crippen LogP contribution in [-0.2, 0) is 0 Å². The standard InChI is InChI=1S/C13H7BrFNO2/c1-6-4-9-11(17)8-5-7(14)2-3-10(8)18-12(9)13(15)16-6/h2-5H,1H3. The van der Waals surface area contributed by atoms with Crippen molar-refractivity contribution < 1.29 is 8.81 Å². The predicted molar refractivity (Wildman–Crippen MR) is 70.2 cm³/mol. The van der Waals surface area contributed by atoms with Crippen LogP contribution in [0.3, 0.4) is 0 Å². The van der Waals surface area contributed by atoms with Gasteiger partial charge < -0.3 is 4.42 Å². The number of halogens is 2. The minimum atomic E-state index is -0.757. The maximum absolute atomic E-state index is 13.7. The Labute approximate surface area is 109 Å². The molecule has 3 aromatic rings. The first kappa shape index (κ1) is 11.3. The van der Waals surface area contributed by atoms with Gasteiger partial charge in [-0.2, -0.15) is 4.39 Å². The fourth-order valence-corrected chi connectivity index (χ4v) is 2.27. The second-order valence-corrected chi connectivity index (χ2v) is 4.92. The summed E-state index contributed by atoms with van der Waals surface area (Å²) >= 11 is 3.29. The zero-order valence-electron chi connectivity index (χ0n) is 9.33. The van der Waals surface area contributed by atoms with Gasteiger partial charge in [-0.05, 0) is 31.2 Å². The van der Waals surface area contributed by atoms with Crippen molar-refractivity contribution in [3.05, 3.63) is 50.6 Å². The molecule has 0 radical (unpaired) electrons. The molecular weight excluding hydrogens is 301 g/mol. The van der Waals surface area contributed by atoms with Crippen LogP contribution >= 0.6 is 15.9 Å². The number of nitrogens with zero attached hydrogens (tertiary/aromatic N) is 1. The van der Waals surface area contributed by atoms with Crippen LogP contribution in [0.25, 0.3) is 21.9 Å². The van der Waals surface area contributed by atoms with Crippen LogP contribution in [0.5, 0.6) is 0 Å². The second kappa shape index (κ2) is 3.88. The molecule has 0 unspecified atom stereocenters. The van der Waals surface area contributed by atoms with Crippen LogP contribution in [0.4, 0.5) is 4.39 Å². The molecule has 0 saturated heterocycles. The fourth-order valence-electron chi connectivity index (χ4n) is 1.91. The third-order valence-electron chi connectivity index (χ3n) is 2.70. The smallest absolute Gasteiger partial charge is 0.256 e. The molecule has 0 aliphatic carbocycles. The molecule has 0 bridgehead atoms. The molecule has 3 nitrogen and oxygen atoms in total. The van der Waals surface area contributed by atoms with Crippen molar-refractivity contribution in [2.75, 3.05) is 0 Å². The molecule has 0 aliphatic heterocycles. The first-order valence-corrected chi connectivity index (χ1v) is 6.05. The van der Waals surface area contributed by atoms with Crippen molar-refractivity contribution in [2.45, 2.75) is 6.92 Å². The Kier molecular flexibility index (Phi) is 2.45. The van der Waals surface area contributed by atoms with E-state index in [1.165, 1.54) is 6.07 Å². The van der Waals surface area contributed by atoms with E-state index in [1.54, 1.807) is 25.1 Å². The number of pyridine rings is 1. The Morgan fingerprint density at radius 3 is 2.83 bits per heavy atom. The third kappa shape index (κ3) is 1.62. The quantitative estimate of drug-likeness (QED) is 0.471. The molecule has 2 heterocycles. The van der Waals surface area contributed by atoms with E-state index in [0.29, 0.717) is 16.7 Å². The minimum Gasteiger partial charge on any atom is -0.451 e. The van der Waals surface area contributed by atoms with E-state index in [1.807, 2.05) is 0 Å². The maximum atomic E-state index is 13.7. The topological polar surface area (TPSA) is 43.1 Å². The van der Waals surface area contributed by atoms with E-state index in [2.05, 4.69) is 20.9 Å². The van der Waals surface area contributed by atoms with Gasteiger partial charge in [0.15, 0.2) is 5.58 Å². The normalized spacial score (nSPS) is 11.3. The highest BCUT2D eigenvalue weighted by Gasteiger charge is 2.13. The van der Waals surface area contributed by atoms with Gasteiger partial charge in [0.25, 0.3) is 5.95 Å². The van der Waals surface area contributed by atoms with Crippen LogP contribution in [-0.4, -0.2) is 4.98 Å². The third-order valence-corrected chi connectivity index (χ3v) is 3.20. The van der Waals surface area contributed by atoms with Gasteiger partial charge in [0.05, 0.1) is 10.8 Å². The van der Waals surface area contributed by atoms with Crippen molar-refractivity contribution in [1.82, 2.24) is 4.98 Å². The van der Waals surface area contributed by atoms with Crippen molar-refractivity contribution in [3.63, 3.8) is 0 Å². The predicted octanol–water partition coefficient (Wildman–Crippen LogP) is 3.55. The molecule has 18 heavy (non-hydrogen) atoms. The van der Waals surface area contributed by atoms with Gasteiger partial charge in [-0.1, -0.05) is 15.9 Å². The highest BCUT2D eigenvalue weighted by molar-refractivity contribution is 9.10. The SMILES string of the molecule is Cc1cc2c(=O)c3cc(Br)ccc3oc2c(F)n1. The molecule has 1 aromatic carbocycles. The van der Waals surface area contributed by atoms with Crippen molar-refractivity contribution in [1.29, 1.82) is 0 Å². The van der Waals surface area contributed by atoms with E-state index in [9.17, 15) is 9.18 Å². The van der Waals surface area contributed by atoms with Gasteiger partial charge in [-0.3, -0.25) is 4.79 Å². The second-order valence-electron chi connectivity index (χ2n) is 4.00. The molecule has 0 fully saturated rings. The average Bonchev–Trinajstić information content (AvgIpc) is 2.32. The molecule has 0 atom stereocenters. The highest BCUT2D eigenvalue weighted by Crippen LogP contribution is 2.23. The number of aryl methyl sites for hydroxylation is 1. The van der Waals surface area contributed by atoms with Crippen LogP contribution in [0, 0.1) is 12.9 Å². The summed E-state index contributed by atoms with van der Waals surface area (Å²) in [6.45, 7) is 1.63. The monoisotopic (exact) mass is 307 g/mol. The van der Waals surface area contributed by atoms with E-state index >= 15 is 0 Å². The van der Waals surface area contributed by atoms with Crippen LogP contribution < -0.4 is 5.43 Å². The number of hydrogen-bond donors (Lipinski definition) is 0. The zero-order valence-corrected chi connectivity index (χ0v) is 10.9.